The number of carbonyl (C=O) groups is 2. The number of hydrogen-bond donors (Lipinski definition) is 2. The van der Waals surface area contributed by atoms with Gasteiger partial charge in [-0.3, -0.25) is 9.59 Å². The Bertz CT molecular complexity index is 1760. The number of allylic oxidation sites excluding steroid dienone is 1. The molecule has 7 atom stereocenters. The van der Waals surface area contributed by atoms with E-state index in [1.807, 2.05) is 118 Å². The summed E-state index contributed by atoms with van der Waals surface area (Å²) in [4.78, 5) is 26.5. The molecule has 0 aromatic heterocycles. The Morgan fingerprint density at radius 3 is 1.90 bits per heavy atom. The molecule has 0 spiro atoms. The molecular weight excluding hydrogens is 616 g/mol. The Morgan fingerprint density at radius 1 is 0.857 bits per heavy atom. The number of azo groups is 1. The fourth-order valence-electron chi connectivity index (χ4n) is 9.33. The van der Waals surface area contributed by atoms with Gasteiger partial charge in [0.05, 0.1) is 23.7 Å². The van der Waals surface area contributed by atoms with Crippen molar-refractivity contribution in [2.45, 2.75) is 75.5 Å². The van der Waals surface area contributed by atoms with E-state index in [9.17, 15) is 19.8 Å². The van der Waals surface area contributed by atoms with Crippen LogP contribution in [0, 0.1) is 23.7 Å². The lowest BCUT2D eigenvalue weighted by Crippen LogP contribution is -2.65. The summed E-state index contributed by atoms with van der Waals surface area (Å²) >= 11 is 0. The molecular formula is C41H44N2O6. The van der Waals surface area contributed by atoms with Gasteiger partial charge in [-0.15, -0.1) is 5.11 Å². The Hall–Kier alpha value is -4.24. The molecule has 4 aliphatic rings. The first kappa shape index (κ1) is 33.3. The molecule has 0 bridgehead atoms. The summed E-state index contributed by atoms with van der Waals surface area (Å²) < 4.78 is 13.2. The second kappa shape index (κ2) is 11.7. The van der Waals surface area contributed by atoms with Crippen LogP contribution in [0.1, 0.15) is 64.2 Å². The zero-order chi connectivity index (χ0) is 34.8. The predicted molar refractivity (Wildman–Crippen MR) is 184 cm³/mol. The van der Waals surface area contributed by atoms with E-state index < -0.39 is 57.7 Å². The number of fused-ring (bicyclic) bond motifs is 5. The van der Waals surface area contributed by atoms with Crippen LogP contribution in [0.4, 0.5) is 0 Å². The molecule has 1 fully saturated rings. The first-order chi connectivity index (χ1) is 23.3. The summed E-state index contributed by atoms with van der Waals surface area (Å²) in [5.74, 6) is -3.30. The van der Waals surface area contributed by atoms with Crippen molar-refractivity contribution in [1.82, 2.24) is 0 Å². The van der Waals surface area contributed by atoms with E-state index in [4.69, 9.17) is 9.47 Å². The molecule has 3 aromatic rings. The second-order valence-corrected chi connectivity index (χ2v) is 14.9. The van der Waals surface area contributed by atoms with Crippen molar-refractivity contribution in [1.29, 1.82) is 0 Å². The van der Waals surface area contributed by atoms with E-state index >= 15 is 0 Å². The zero-order valence-electron chi connectivity index (χ0n) is 28.7. The van der Waals surface area contributed by atoms with E-state index in [0.29, 0.717) is 11.1 Å². The van der Waals surface area contributed by atoms with E-state index in [1.165, 1.54) is 6.92 Å². The summed E-state index contributed by atoms with van der Waals surface area (Å²) in [6.45, 7) is 8.85. The average Bonchev–Trinajstić information content (AvgIpc) is 3.43. The fraction of sp³-hybridized carbons (Fsp3) is 0.415. The second-order valence-electron chi connectivity index (χ2n) is 14.9. The molecule has 1 saturated carbocycles. The third-order valence-corrected chi connectivity index (χ3v) is 11.3. The molecule has 8 nitrogen and oxygen atoms in total. The van der Waals surface area contributed by atoms with Crippen LogP contribution < -0.4 is 0 Å². The number of rotatable bonds is 7. The van der Waals surface area contributed by atoms with Crippen LogP contribution >= 0.6 is 0 Å². The van der Waals surface area contributed by atoms with Crippen molar-refractivity contribution in [3.05, 3.63) is 131 Å². The minimum Gasteiger partial charge on any atom is -0.435 e. The molecule has 3 aliphatic carbocycles. The standard InChI is InChI=1S/C41H44N2O6/c1-26-21-34-38(46,36(26)45)24-29(22-33-35-37(4,5)42-43-39(35,49-28(3)44)23-27(2)40(33,34)47)25-48-41(30-15-9-6-10-16-30,31-17-11-7-12-18-31)32-19-13-8-14-20-32/h6-22,26-27,33,35,46-47H,23-25H2,1-5H3/t26?,27-,33+,35-,38-,39+,40-/m1/s1. The SMILES string of the molecule is CC(=O)O[C@@]12C[C@@H](C)[C@]3(O)C4=CC(C)C(=O)[C@@]4(O)CC(COC(c4ccccc4)(c4ccccc4)c4ccccc4)=C[C@H]3[C@@H]1C(C)(C)N=N2. The van der Waals surface area contributed by atoms with Crippen molar-refractivity contribution >= 4 is 11.8 Å². The Kier molecular flexibility index (Phi) is 7.93. The van der Waals surface area contributed by atoms with Gasteiger partial charge in [0.2, 0.25) is 5.72 Å². The molecule has 0 radical (unpaired) electrons. The lowest BCUT2D eigenvalue weighted by atomic mass is 9.54. The lowest BCUT2D eigenvalue weighted by Gasteiger charge is -2.55. The first-order valence-corrected chi connectivity index (χ1v) is 17.1. The maximum absolute atomic E-state index is 13.9. The van der Waals surface area contributed by atoms with Crippen LogP contribution in [0.2, 0.25) is 0 Å². The normalized spacial score (nSPS) is 33.1. The van der Waals surface area contributed by atoms with Crippen molar-refractivity contribution in [3.63, 3.8) is 0 Å². The highest BCUT2D eigenvalue weighted by Gasteiger charge is 2.71. The topological polar surface area (TPSA) is 118 Å². The molecule has 3 aromatic carbocycles. The molecule has 1 unspecified atom stereocenters. The average molecular weight is 661 g/mol. The number of ketones is 1. The zero-order valence-corrected chi connectivity index (χ0v) is 28.7. The number of carbonyl (C=O) groups excluding carboxylic acids is 2. The molecule has 1 aliphatic heterocycles. The van der Waals surface area contributed by atoms with Crippen LogP contribution in [0.3, 0.4) is 0 Å². The van der Waals surface area contributed by atoms with Crippen LogP contribution in [0.25, 0.3) is 0 Å². The van der Waals surface area contributed by atoms with Crippen molar-refractivity contribution < 1.29 is 29.3 Å². The monoisotopic (exact) mass is 660 g/mol. The minimum atomic E-state index is -1.94. The number of nitrogens with zero attached hydrogens (tertiary/aromatic N) is 2. The minimum absolute atomic E-state index is 0.0267. The third-order valence-electron chi connectivity index (χ3n) is 11.3. The van der Waals surface area contributed by atoms with Gasteiger partial charge in [-0.25, -0.2) is 0 Å². The number of ether oxygens (including phenoxy) is 2. The van der Waals surface area contributed by atoms with Crippen molar-refractivity contribution in [3.8, 4) is 0 Å². The van der Waals surface area contributed by atoms with Gasteiger partial charge < -0.3 is 19.7 Å². The Labute approximate surface area is 287 Å². The van der Waals surface area contributed by atoms with Crippen LogP contribution in [-0.2, 0) is 24.7 Å². The van der Waals surface area contributed by atoms with Crippen LogP contribution in [-0.4, -0.2) is 51.0 Å². The van der Waals surface area contributed by atoms with Gasteiger partial charge in [0.25, 0.3) is 0 Å². The lowest BCUT2D eigenvalue weighted by molar-refractivity contribution is -0.198. The molecule has 1 heterocycles. The molecule has 254 valence electrons. The van der Waals surface area contributed by atoms with Crippen molar-refractivity contribution in [2.24, 2.45) is 33.9 Å². The van der Waals surface area contributed by atoms with Gasteiger partial charge in [0.15, 0.2) is 11.4 Å². The largest absolute Gasteiger partial charge is 0.435 e. The number of aliphatic hydroxyl groups is 2. The summed E-state index contributed by atoms with van der Waals surface area (Å²) in [7, 11) is 0. The Balaban J connectivity index is 1.41. The molecule has 0 amide bonds. The predicted octanol–water partition coefficient (Wildman–Crippen LogP) is 6.71. The van der Waals surface area contributed by atoms with Gasteiger partial charge in [0, 0.05) is 31.6 Å². The van der Waals surface area contributed by atoms with Crippen molar-refractivity contribution in [2.75, 3.05) is 6.61 Å². The van der Waals surface area contributed by atoms with Gasteiger partial charge in [0.1, 0.15) is 5.60 Å². The fourth-order valence-corrected chi connectivity index (χ4v) is 9.33. The number of hydrogen-bond acceptors (Lipinski definition) is 8. The van der Waals surface area contributed by atoms with E-state index in [0.717, 1.165) is 16.7 Å². The van der Waals surface area contributed by atoms with E-state index in [1.54, 1.807) is 13.0 Å². The van der Waals surface area contributed by atoms with Crippen LogP contribution in [0.15, 0.2) is 125 Å². The maximum Gasteiger partial charge on any atom is 0.304 e. The summed E-state index contributed by atoms with van der Waals surface area (Å²) in [6.07, 6.45) is 3.83. The summed E-state index contributed by atoms with van der Waals surface area (Å²) in [6, 6.07) is 30.0. The summed E-state index contributed by atoms with van der Waals surface area (Å²) in [5.41, 5.74) is -3.10. The third kappa shape index (κ3) is 4.98. The van der Waals surface area contributed by atoms with E-state index in [-0.39, 0.29) is 25.2 Å². The van der Waals surface area contributed by atoms with Gasteiger partial charge in [-0.2, -0.15) is 5.11 Å². The quantitative estimate of drug-likeness (QED) is 0.165. The Morgan fingerprint density at radius 2 is 1.39 bits per heavy atom. The smallest absolute Gasteiger partial charge is 0.304 e. The van der Waals surface area contributed by atoms with E-state index in [2.05, 4.69) is 10.2 Å². The summed E-state index contributed by atoms with van der Waals surface area (Å²) in [5, 5.41) is 34.7. The van der Waals surface area contributed by atoms with Crippen LogP contribution in [0.5, 0.6) is 0 Å². The molecule has 7 rings (SSSR count). The molecule has 0 saturated heterocycles. The van der Waals surface area contributed by atoms with Gasteiger partial charge >= 0.3 is 5.97 Å². The van der Waals surface area contributed by atoms with Gasteiger partial charge in [-0.05, 0) is 47.6 Å². The number of esters is 1. The highest BCUT2D eigenvalue weighted by atomic mass is 16.6. The molecule has 2 N–H and O–H groups in total. The molecule has 49 heavy (non-hydrogen) atoms. The highest BCUT2D eigenvalue weighted by molar-refractivity contribution is 5.98. The first-order valence-electron chi connectivity index (χ1n) is 17.1. The highest BCUT2D eigenvalue weighted by Crippen LogP contribution is 2.63. The number of Topliss-reactive ketones (excluding diaryl/α,β-unsaturated/α-hetero) is 1. The number of benzene rings is 3. The maximum atomic E-state index is 13.9. The molecule has 8 heteroatoms. The van der Waals surface area contributed by atoms with Gasteiger partial charge in [-0.1, -0.05) is 117 Å².